The van der Waals surface area contributed by atoms with Gasteiger partial charge in [-0.2, -0.15) is 4.98 Å². The molecule has 0 saturated heterocycles. The van der Waals surface area contributed by atoms with E-state index in [4.69, 9.17) is 16.3 Å². The highest BCUT2D eigenvalue weighted by Gasteiger charge is 2.22. The second-order valence-electron chi connectivity index (χ2n) is 3.88. The van der Waals surface area contributed by atoms with Crippen LogP contribution in [0.3, 0.4) is 0 Å². The molecule has 1 aromatic carbocycles. The molecule has 2 aromatic heterocycles. The molecule has 0 radical (unpaired) electrons. The van der Waals surface area contributed by atoms with Gasteiger partial charge in [-0.25, -0.2) is 9.37 Å². The fourth-order valence-corrected chi connectivity index (χ4v) is 2.69. The van der Waals surface area contributed by atoms with Crippen molar-refractivity contribution in [2.45, 2.75) is 0 Å². The number of ether oxygens (including phenoxy) is 1. The molecule has 0 atom stereocenters. The minimum Gasteiger partial charge on any atom is -0.428 e. The summed E-state index contributed by atoms with van der Waals surface area (Å²) in [6, 6.07) is 5.10. The van der Waals surface area contributed by atoms with Gasteiger partial charge < -0.3 is 4.74 Å². The minimum atomic E-state index is -0.859. The lowest BCUT2D eigenvalue weighted by Gasteiger charge is -2.07. The van der Waals surface area contributed by atoms with E-state index in [0.29, 0.717) is 10.2 Å². The molecule has 0 aliphatic heterocycles. The first-order valence-electron chi connectivity index (χ1n) is 5.58. The molecule has 0 bridgehead atoms. The first-order valence-corrected chi connectivity index (χ1v) is 6.83. The molecule has 106 valence electrons. The average molecular weight is 326 g/mol. The zero-order chi connectivity index (χ0) is 15.0. The van der Waals surface area contributed by atoms with E-state index in [-0.39, 0.29) is 11.2 Å². The van der Waals surface area contributed by atoms with Gasteiger partial charge in [0, 0.05) is 6.07 Å². The Balaban J connectivity index is 2.15. The van der Waals surface area contributed by atoms with Crippen LogP contribution in [0, 0.1) is 15.9 Å². The van der Waals surface area contributed by atoms with Crippen LogP contribution in [0.15, 0.2) is 29.6 Å². The van der Waals surface area contributed by atoms with Crippen LogP contribution in [-0.4, -0.2) is 14.9 Å². The molecular formula is C12H5ClFN3O3S. The summed E-state index contributed by atoms with van der Waals surface area (Å²) in [6.45, 7) is 0. The maximum absolute atomic E-state index is 13.8. The highest BCUT2D eigenvalue weighted by atomic mass is 35.5. The van der Waals surface area contributed by atoms with Gasteiger partial charge in [0.2, 0.25) is 16.9 Å². The fourth-order valence-electron chi connectivity index (χ4n) is 1.72. The van der Waals surface area contributed by atoms with E-state index in [2.05, 4.69) is 9.97 Å². The highest BCUT2D eigenvalue weighted by molar-refractivity contribution is 7.16. The summed E-state index contributed by atoms with van der Waals surface area (Å²) in [4.78, 5) is 18.6. The maximum atomic E-state index is 13.8. The molecule has 3 rings (SSSR count). The van der Waals surface area contributed by atoms with Gasteiger partial charge in [-0.15, -0.1) is 11.3 Å². The van der Waals surface area contributed by atoms with Gasteiger partial charge in [0.05, 0.1) is 10.3 Å². The van der Waals surface area contributed by atoms with Crippen molar-refractivity contribution >= 4 is 38.8 Å². The average Bonchev–Trinajstić information content (AvgIpc) is 2.88. The largest absolute Gasteiger partial charge is 0.428 e. The van der Waals surface area contributed by atoms with Crippen LogP contribution in [0.25, 0.3) is 10.2 Å². The number of aromatic nitrogens is 2. The Morgan fingerprint density at radius 1 is 1.33 bits per heavy atom. The Morgan fingerprint density at radius 2 is 2.14 bits per heavy atom. The van der Waals surface area contributed by atoms with Crippen molar-refractivity contribution in [3.8, 4) is 11.6 Å². The number of hydrogen-bond donors (Lipinski definition) is 0. The van der Waals surface area contributed by atoms with Gasteiger partial charge in [0.25, 0.3) is 0 Å². The van der Waals surface area contributed by atoms with Gasteiger partial charge >= 0.3 is 5.69 Å². The number of benzene rings is 1. The Kier molecular flexibility index (Phi) is 3.40. The summed E-state index contributed by atoms with van der Waals surface area (Å²) in [7, 11) is 0. The molecule has 3 aromatic rings. The molecule has 0 aliphatic rings. The lowest BCUT2D eigenvalue weighted by atomic mass is 10.3. The lowest BCUT2D eigenvalue weighted by Crippen LogP contribution is -1.98. The number of halogens is 2. The number of thiophene rings is 1. The van der Waals surface area contributed by atoms with Gasteiger partial charge in [-0.1, -0.05) is 6.07 Å². The molecule has 6 nitrogen and oxygen atoms in total. The number of nitro groups is 1. The molecule has 2 heterocycles. The standard InChI is InChI=1S/C12H5ClFN3O3S/c13-12-15-10(6-4-5-21-11(6)16-12)20-9-7(14)2-1-3-8(9)17(18)19/h1-5H. The van der Waals surface area contributed by atoms with Crippen molar-refractivity contribution in [1.29, 1.82) is 0 Å². The van der Waals surface area contributed by atoms with E-state index in [0.717, 1.165) is 12.1 Å². The molecule has 9 heteroatoms. The molecule has 0 N–H and O–H groups in total. The SMILES string of the molecule is O=[N+]([O-])c1cccc(F)c1Oc1nc(Cl)nc2sccc12. The van der Waals surface area contributed by atoms with E-state index >= 15 is 0 Å². The van der Waals surface area contributed by atoms with E-state index in [1.54, 1.807) is 11.4 Å². The highest BCUT2D eigenvalue weighted by Crippen LogP contribution is 2.37. The number of nitro benzene ring substituents is 1. The number of hydrogen-bond acceptors (Lipinski definition) is 6. The molecule has 0 unspecified atom stereocenters. The van der Waals surface area contributed by atoms with Crippen molar-refractivity contribution in [2.75, 3.05) is 0 Å². The third kappa shape index (κ3) is 2.50. The van der Waals surface area contributed by atoms with Crippen LogP contribution in [0.1, 0.15) is 0 Å². The lowest BCUT2D eigenvalue weighted by molar-refractivity contribution is -0.385. The van der Waals surface area contributed by atoms with Crippen molar-refractivity contribution in [2.24, 2.45) is 0 Å². The van der Waals surface area contributed by atoms with Crippen LogP contribution >= 0.6 is 22.9 Å². The summed E-state index contributed by atoms with van der Waals surface area (Å²) in [5.74, 6) is -1.40. The Morgan fingerprint density at radius 3 is 2.90 bits per heavy atom. The van der Waals surface area contributed by atoms with Gasteiger partial charge in [-0.05, 0) is 29.1 Å². The van der Waals surface area contributed by atoms with Crippen LogP contribution in [-0.2, 0) is 0 Å². The van der Waals surface area contributed by atoms with Crippen LogP contribution in [0.5, 0.6) is 11.6 Å². The Bertz CT molecular complexity index is 855. The summed E-state index contributed by atoms with van der Waals surface area (Å²) < 4.78 is 19.1. The quantitative estimate of drug-likeness (QED) is 0.410. The predicted molar refractivity (Wildman–Crippen MR) is 75.6 cm³/mol. The third-order valence-electron chi connectivity index (χ3n) is 2.60. The first-order chi connectivity index (χ1) is 10.1. The van der Waals surface area contributed by atoms with Crippen molar-refractivity contribution in [3.63, 3.8) is 0 Å². The summed E-state index contributed by atoms with van der Waals surface area (Å²) in [5.41, 5.74) is -0.492. The molecule has 0 fully saturated rings. The summed E-state index contributed by atoms with van der Waals surface area (Å²) >= 11 is 7.06. The third-order valence-corrected chi connectivity index (χ3v) is 3.58. The summed E-state index contributed by atoms with van der Waals surface area (Å²) in [5, 5.41) is 13.1. The Labute approximate surface area is 125 Å². The van der Waals surface area contributed by atoms with Crippen molar-refractivity contribution in [3.05, 3.63) is 50.9 Å². The molecule has 0 spiro atoms. The predicted octanol–water partition coefficient (Wildman–Crippen LogP) is 4.18. The van der Waals surface area contributed by atoms with Crippen molar-refractivity contribution < 1.29 is 14.1 Å². The zero-order valence-electron chi connectivity index (χ0n) is 10.1. The van der Waals surface area contributed by atoms with Crippen molar-refractivity contribution in [1.82, 2.24) is 9.97 Å². The smallest absolute Gasteiger partial charge is 0.314 e. The first kappa shape index (κ1) is 13.7. The van der Waals surface area contributed by atoms with E-state index in [1.165, 1.54) is 17.4 Å². The number of rotatable bonds is 3. The molecule has 0 amide bonds. The maximum Gasteiger partial charge on any atom is 0.314 e. The van der Waals surface area contributed by atoms with E-state index in [9.17, 15) is 14.5 Å². The molecule has 0 saturated carbocycles. The molecule has 21 heavy (non-hydrogen) atoms. The van der Waals surface area contributed by atoms with Gasteiger partial charge in [0.1, 0.15) is 4.83 Å². The topological polar surface area (TPSA) is 78.2 Å². The van der Waals surface area contributed by atoms with Crippen LogP contribution in [0.2, 0.25) is 5.28 Å². The van der Waals surface area contributed by atoms with Gasteiger partial charge in [-0.3, -0.25) is 10.1 Å². The molecular weight excluding hydrogens is 321 g/mol. The summed E-state index contributed by atoms with van der Waals surface area (Å²) in [6.07, 6.45) is 0. The Hall–Kier alpha value is -2.32. The minimum absolute atomic E-state index is 0.0283. The second-order valence-corrected chi connectivity index (χ2v) is 5.12. The van der Waals surface area contributed by atoms with E-state index < -0.39 is 22.2 Å². The van der Waals surface area contributed by atoms with E-state index in [1.807, 2.05) is 0 Å². The monoisotopic (exact) mass is 325 g/mol. The number of para-hydroxylation sites is 1. The fraction of sp³-hybridized carbons (Fsp3) is 0. The second kappa shape index (κ2) is 5.23. The zero-order valence-corrected chi connectivity index (χ0v) is 11.7. The van der Waals surface area contributed by atoms with Gasteiger partial charge in [0.15, 0.2) is 5.82 Å². The number of fused-ring (bicyclic) bond motifs is 1. The number of nitrogens with zero attached hydrogens (tertiary/aromatic N) is 3. The normalized spacial score (nSPS) is 10.8. The van der Waals surface area contributed by atoms with Crippen LogP contribution < -0.4 is 4.74 Å². The molecule has 0 aliphatic carbocycles. The van der Waals surface area contributed by atoms with Crippen LogP contribution in [0.4, 0.5) is 10.1 Å².